The molecule has 15 heavy (non-hydrogen) atoms. The first-order chi connectivity index (χ1) is 7.13. The third kappa shape index (κ3) is 1.59. The van der Waals surface area contributed by atoms with Crippen molar-refractivity contribution in [2.24, 2.45) is 0 Å². The Morgan fingerprint density at radius 2 is 2.20 bits per heavy atom. The van der Waals surface area contributed by atoms with Gasteiger partial charge in [0.2, 0.25) is 0 Å². The average Bonchev–Trinajstić information content (AvgIpc) is 2.23. The van der Waals surface area contributed by atoms with E-state index in [1.54, 1.807) is 6.07 Å². The molecule has 0 aliphatic rings. The molecule has 1 heterocycles. The van der Waals surface area contributed by atoms with E-state index >= 15 is 0 Å². The van der Waals surface area contributed by atoms with Crippen molar-refractivity contribution in [3.63, 3.8) is 0 Å². The van der Waals surface area contributed by atoms with Crippen molar-refractivity contribution in [1.82, 2.24) is 4.98 Å². The minimum atomic E-state index is -0.400. The molecule has 0 saturated heterocycles. The molecular formula is C11H7ClFNO. The number of nitrogens with zero attached hydrogens (tertiary/aromatic N) is 1. The highest BCUT2D eigenvalue weighted by Gasteiger charge is 2.09. The first-order valence-corrected chi connectivity index (χ1v) is 4.72. The van der Waals surface area contributed by atoms with E-state index in [2.05, 4.69) is 4.98 Å². The minimum Gasteiger partial charge on any atom is -0.298 e. The number of rotatable bonds is 1. The highest BCUT2D eigenvalue weighted by atomic mass is 35.5. The number of hydrogen-bond acceptors (Lipinski definition) is 2. The number of benzene rings is 1. The van der Waals surface area contributed by atoms with Crippen LogP contribution in [0.4, 0.5) is 4.39 Å². The molecule has 0 bridgehead atoms. The zero-order chi connectivity index (χ0) is 11.0. The predicted molar refractivity (Wildman–Crippen MR) is 56.8 cm³/mol. The molecule has 1 aromatic heterocycles. The van der Waals surface area contributed by atoms with Crippen molar-refractivity contribution >= 4 is 28.8 Å². The largest absolute Gasteiger partial charge is 0.298 e. The molecule has 0 N–H and O–H groups in total. The van der Waals surface area contributed by atoms with E-state index in [4.69, 9.17) is 11.6 Å². The molecule has 1 aromatic carbocycles. The summed E-state index contributed by atoms with van der Waals surface area (Å²) in [6.45, 7) is 1.81. The van der Waals surface area contributed by atoms with Crippen molar-refractivity contribution in [3.05, 3.63) is 40.3 Å². The summed E-state index contributed by atoms with van der Waals surface area (Å²) in [5, 5.41) is 0.424. The van der Waals surface area contributed by atoms with Gasteiger partial charge in [-0.15, -0.1) is 0 Å². The Bertz CT molecular complexity index is 554. The Morgan fingerprint density at radius 1 is 1.47 bits per heavy atom. The van der Waals surface area contributed by atoms with Crippen LogP contribution in [0, 0.1) is 12.7 Å². The summed E-state index contributed by atoms with van der Waals surface area (Å²) in [4.78, 5) is 14.6. The number of pyridine rings is 1. The van der Waals surface area contributed by atoms with Gasteiger partial charge >= 0.3 is 0 Å². The summed E-state index contributed by atoms with van der Waals surface area (Å²) >= 11 is 5.76. The van der Waals surface area contributed by atoms with Gasteiger partial charge in [-0.05, 0) is 24.6 Å². The second-order valence-electron chi connectivity index (χ2n) is 3.25. The van der Waals surface area contributed by atoms with Crippen LogP contribution in [0.1, 0.15) is 15.9 Å². The van der Waals surface area contributed by atoms with E-state index < -0.39 is 5.82 Å². The molecule has 0 fully saturated rings. The van der Waals surface area contributed by atoms with Crippen LogP contribution in [0.3, 0.4) is 0 Å². The van der Waals surface area contributed by atoms with Crippen LogP contribution in [-0.2, 0) is 0 Å². The summed E-state index contributed by atoms with van der Waals surface area (Å²) in [6.07, 6.45) is 0.566. The Kier molecular flexibility index (Phi) is 2.40. The van der Waals surface area contributed by atoms with Gasteiger partial charge in [-0.3, -0.25) is 4.79 Å². The lowest BCUT2D eigenvalue weighted by Gasteiger charge is -2.04. The second kappa shape index (κ2) is 3.59. The predicted octanol–water partition coefficient (Wildman–Crippen LogP) is 3.15. The van der Waals surface area contributed by atoms with Crippen molar-refractivity contribution in [2.75, 3.05) is 0 Å². The van der Waals surface area contributed by atoms with Crippen molar-refractivity contribution in [2.45, 2.75) is 6.92 Å². The lowest BCUT2D eigenvalue weighted by atomic mass is 10.1. The monoisotopic (exact) mass is 223 g/mol. The molecular weight excluding hydrogens is 217 g/mol. The van der Waals surface area contributed by atoms with E-state index in [0.29, 0.717) is 17.2 Å². The zero-order valence-electron chi connectivity index (χ0n) is 7.92. The van der Waals surface area contributed by atoms with Gasteiger partial charge in [-0.25, -0.2) is 9.37 Å². The quantitative estimate of drug-likeness (QED) is 0.549. The standard InChI is InChI=1S/C11H7ClFNO/c1-6-2-3-9(13)8-4-7(5-15)11(12)14-10(6)8/h2-5H,1H3. The van der Waals surface area contributed by atoms with Gasteiger partial charge in [0.05, 0.1) is 11.1 Å². The van der Waals surface area contributed by atoms with Crippen LogP contribution in [0.15, 0.2) is 18.2 Å². The van der Waals surface area contributed by atoms with Gasteiger partial charge in [0, 0.05) is 5.39 Å². The average molecular weight is 224 g/mol. The molecule has 0 saturated carbocycles. The van der Waals surface area contributed by atoms with E-state index in [1.807, 2.05) is 6.92 Å². The Labute approximate surface area is 90.7 Å². The number of carbonyl (C=O) groups is 1. The van der Waals surface area contributed by atoms with Crippen molar-refractivity contribution in [1.29, 1.82) is 0 Å². The number of aryl methyl sites for hydroxylation is 1. The van der Waals surface area contributed by atoms with Gasteiger partial charge in [0.15, 0.2) is 6.29 Å². The van der Waals surface area contributed by atoms with Gasteiger partial charge < -0.3 is 0 Å². The minimum absolute atomic E-state index is 0.103. The number of fused-ring (bicyclic) bond motifs is 1. The lowest BCUT2D eigenvalue weighted by Crippen LogP contribution is -1.92. The van der Waals surface area contributed by atoms with Gasteiger partial charge in [0.1, 0.15) is 11.0 Å². The molecule has 2 nitrogen and oxygen atoms in total. The molecule has 0 spiro atoms. The smallest absolute Gasteiger partial charge is 0.153 e. The number of aromatic nitrogens is 1. The van der Waals surface area contributed by atoms with Crippen LogP contribution in [0.5, 0.6) is 0 Å². The van der Waals surface area contributed by atoms with Gasteiger partial charge in [-0.1, -0.05) is 17.7 Å². The number of halogens is 2. The molecule has 76 valence electrons. The molecule has 0 radical (unpaired) electrons. The van der Waals surface area contributed by atoms with E-state index in [-0.39, 0.29) is 10.7 Å². The maximum absolute atomic E-state index is 13.4. The summed E-state index contributed by atoms with van der Waals surface area (Å²) in [5.74, 6) is -0.400. The summed E-state index contributed by atoms with van der Waals surface area (Å²) in [5.41, 5.74) is 1.52. The maximum Gasteiger partial charge on any atom is 0.153 e. The molecule has 2 rings (SSSR count). The fraction of sp³-hybridized carbons (Fsp3) is 0.0909. The fourth-order valence-corrected chi connectivity index (χ4v) is 1.62. The highest BCUT2D eigenvalue weighted by molar-refractivity contribution is 6.32. The van der Waals surface area contributed by atoms with Gasteiger partial charge in [-0.2, -0.15) is 0 Å². The molecule has 0 aliphatic carbocycles. The third-order valence-electron chi connectivity index (χ3n) is 2.24. The Morgan fingerprint density at radius 3 is 2.87 bits per heavy atom. The normalized spacial score (nSPS) is 10.6. The number of carbonyl (C=O) groups excluding carboxylic acids is 1. The van der Waals surface area contributed by atoms with Gasteiger partial charge in [0.25, 0.3) is 0 Å². The molecule has 0 unspecified atom stereocenters. The van der Waals surface area contributed by atoms with Crippen LogP contribution in [0.25, 0.3) is 10.9 Å². The van der Waals surface area contributed by atoms with E-state index in [1.165, 1.54) is 12.1 Å². The maximum atomic E-state index is 13.4. The SMILES string of the molecule is Cc1ccc(F)c2cc(C=O)c(Cl)nc12. The first kappa shape index (κ1) is 10.1. The summed E-state index contributed by atoms with van der Waals surface area (Å²) in [7, 11) is 0. The topological polar surface area (TPSA) is 30.0 Å². The molecule has 2 aromatic rings. The summed E-state index contributed by atoms with van der Waals surface area (Å²) in [6, 6.07) is 4.39. The van der Waals surface area contributed by atoms with Crippen LogP contribution < -0.4 is 0 Å². The number of aldehydes is 1. The zero-order valence-corrected chi connectivity index (χ0v) is 8.68. The van der Waals surface area contributed by atoms with Crippen molar-refractivity contribution < 1.29 is 9.18 Å². The Hall–Kier alpha value is -1.48. The second-order valence-corrected chi connectivity index (χ2v) is 3.60. The fourth-order valence-electron chi connectivity index (χ4n) is 1.44. The van der Waals surface area contributed by atoms with Crippen molar-refractivity contribution in [3.8, 4) is 0 Å². The molecule has 4 heteroatoms. The van der Waals surface area contributed by atoms with E-state index in [0.717, 1.165) is 5.56 Å². The Balaban J connectivity index is 2.92. The molecule has 0 amide bonds. The van der Waals surface area contributed by atoms with Crippen LogP contribution >= 0.6 is 11.6 Å². The summed E-state index contributed by atoms with van der Waals surface area (Å²) < 4.78 is 13.4. The third-order valence-corrected chi connectivity index (χ3v) is 2.54. The van der Waals surface area contributed by atoms with Crippen LogP contribution in [0.2, 0.25) is 5.15 Å². The van der Waals surface area contributed by atoms with Crippen LogP contribution in [-0.4, -0.2) is 11.3 Å². The van der Waals surface area contributed by atoms with E-state index in [9.17, 15) is 9.18 Å². The lowest BCUT2D eigenvalue weighted by molar-refractivity contribution is 0.112. The molecule has 0 atom stereocenters. The highest BCUT2D eigenvalue weighted by Crippen LogP contribution is 2.24. The molecule has 0 aliphatic heterocycles. The first-order valence-electron chi connectivity index (χ1n) is 4.34. The number of hydrogen-bond donors (Lipinski definition) is 0.